The number of alkyl carbamates (subject to hydrolysis) is 1. The van der Waals surface area contributed by atoms with E-state index in [0.717, 1.165) is 6.42 Å². The van der Waals surface area contributed by atoms with Crippen molar-refractivity contribution in [3.63, 3.8) is 0 Å². The zero-order valence-corrected chi connectivity index (χ0v) is 13.4. The number of benzene rings is 2. The highest BCUT2D eigenvalue weighted by Crippen LogP contribution is 2.35. The molecule has 3 N–H and O–H groups in total. The van der Waals surface area contributed by atoms with Crippen LogP contribution in [0.5, 0.6) is 0 Å². The number of rotatable bonds is 6. The molecular weight excluding hydrogens is 308 g/mol. The lowest BCUT2D eigenvalue weighted by atomic mass is 9.97. The van der Waals surface area contributed by atoms with Gasteiger partial charge < -0.3 is 20.5 Å². The molecule has 0 saturated carbocycles. The molecule has 6 heteroatoms. The van der Waals surface area contributed by atoms with Crippen LogP contribution in [0.15, 0.2) is 60.7 Å². The third kappa shape index (κ3) is 4.04. The minimum atomic E-state index is -1.76. The Balaban J connectivity index is 2.52. The maximum absolute atomic E-state index is 12.2. The van der Waals surface area contributed by atoms with Crippen LogP contribution in [0.25, 0.3) is 0 Å². The molecule has 0 fully saturated rings. The van der Waals surface area contributed by atoms with E-state index in [1.165, 1.54) is 0 Å². The summed E-state index contributed by atoms with van der Waals surface area (Å²) in [4.78, 5) is 23.7. The minimum absolute atomic E-state index is 0.440. The van der Waals surface area contributed by atoms with Gasteiger partial charge in [-0.05, 0) is 6.42 Å². The Kier molecular flexibility index (Phi) is 5.78. The molecule has 0 aliphatic carbocycles. The lowest BCUT2D eigenvalue weighted by Gasteiger charge is -2.32. The first-order chi connectivity index (χ1) is 11.6. The summed E-state index contributed by atoms with van der Waals surface area (Å²) in [5.41, 5.74) is 6.20. The molecule has 0 aliphatic rings. The topological polar surface area (TPSA) is 90.7 Å². The second-order valence-corrected chi connectivity index (χ2v) is 5.09. The van der Waals surface area contributed by atoms with E-state index in [2.05, 4.69) is 5.32 Å². The van der Waals surface area contributed by atoms with Crippen molar-refractivity contribution in [2.75, 3.05) is 6.54 Å². The summed E-state index contributed by atoms with van der Waals surface area (Å²) in [5, 5.41) is 2.61. The monoisotopic (exact) mass is 328 g/mol. The molecule has 2 rings (SSSR count). The Hall–Kier alpha value is -3.02. The van der Waals surface area contributed by atoms with Crippen molar-refractivity contribution < 1.29 is 19.1 Å². The zero-order valence-electron chi connectivity index (χ0n) is 13.4. The van der Waals surface area contributed by atoms with Crippen molar-refractivity contribution in [2.24, 2.45) is 5.73 Å². The van der Waals surface area contributed by atoms with Gasteiger partial charge in [-0.3, -0.25) is 0 Å². The van der Waals surface area contributed by atoms with E-state index in [1.807, 2.05) is 6.92 Å². The maximum Gasteiger partial charge on any atom is 0.410 e. The molecule has 0 unspecified atom stereocenters. The number of nitrogens with two attached hydrogens (primary N) is 1. The Morgan fingerprint density at radius 2 is 1.46 bits per heavy atom. The number of hydrogen-bond acceptors (Lipinski definition) is 4. The SMILES string of the molecule is CCCNC(=O)OC(OC(N)=O)(c1ccccc1)c1ccccc1. The highest BCUT2D eigenvalue weighted by Gasteiger charge is 2.42. The molecule has 0 saturated heterocycles. The van der Waals surface area contributed by atoms with Crippen molar-refractivity contribution in [2.45, 2.75) is 19.1 Å². The molecule has 2 amide bonds. The van der Waals surface area contributed by atoms with Gasteiger partial charge in [-0.25, -0.2) is 9.59 Å². The molecule has 0 spiro atoms. The molecule has 6 nitrogen and oxygen atoms in total. The molecule has 0 heterocycles. The van der Waals surface area contributed by atoms with Gasteiger partial charge in [-0.15, -0.1) is 0 Å². The molecule has 0 radical (unpaired) electrons. The molecule has 0 bridgehead atoms. The second-order valence-electron chi connectivity index (χ2n) is 5.09. The molecule has 126 valence electrons. The Labute approximate surface area is 140 Å². The van der Waals surface area contributed by atoms with Crippen LogP contribution in [0, 0.1) is 0 Å². The van der Waals surface area contributed by atoms with Crippen LogP contribution in [0.2, 0.25) is 0 Å². The standard InChI is InChI=1S/C18H20N2O4/c1-2-13-20-17(22)24-18(23-16(19)21,14-9-5-3-6-10-14)15-11-7-4-8-12-15/h3-12H,2,13H2,1H3,(H2,19,21)(H,20,22). The van der Waals surface area contributed by atoms with E-state index in [4.69, 9.17) is 15.2 Å². The van der Waals surface area contributed by atoms with Crippen molar-refractivity contribution >= 4 is 12.2 Å². The van der Waals surface area contributed by atoms with Crippen molar-refractivity contribution in [1.29, 1.82) is 0 Å². The summed E-state index contributed by atoms with van der Waals surface area (Å²) in [6, 6.07) is 17.4. The summed E-state index contributed by atoms with van der Waals surface area (Å²) in [6.45, 7) is 2.36. The third-order valence-corrected chi connectivity index (χ3v) is 3.31. The van der Waals surface area contributed by atoms with Crippen molar-refractivity contribution in [3.8, 4) is 0 Å². The van der Waals surface area contributed by atoms with E-state index in [0.29, 0.717) is 17.7 Å². The van der Waals surface area contributed by atoms with Gasteiger partial charge in [-0.1, -0.05) is 67.6 Å². The van der Waals surface area contributed by atoms with Gasteiger partial charge in [0.05, 0.1) is 0 Å². The summed E-state index contributed by atoms with van der Waals surface area (Å²) in [5.74, 6) is -1.76. The van der Waals surface area contributed by atoms with Gasteiger partial charge in [0.25, 0.3) is 0 Å². The first-order valence-corrected chi connectivity index (χ1v) is 7.65. The summed E-state index contributed by atoms with van der Waals surface area (Å²) in [7, 11) is 0. The first-order valence-electron chi connectivity index (χ1n) is 7.65. The lowest BCUT2D eigenvalue weighted by Crippen LogP contribution is -2.43. The number of carbonyl (C=O) groups excluding carboxylic acids is 2. The number of carbonyl (C=O) groups is 2. The smallest absolute Gasteiger partial charge is 0.397 e. The highest BCUT2D eigenvalue weighted by molar-refractivity contribution is 5.70. The number of ether oxygens (including phenoxy) is 2. The molecule has 2 aromatic carbocycles. The van der Waals surface area contributed by atoms with Crippen LogP contribution < -0.4 is 11.1 Å². The van der Waals surface area contributed by atoms with E-state index < -0.39 is 18.0 Å². The van der Waals surface area contributed by atoms with E-state index in [9.17, 15) is 9.59 Å². The fourth-order valence-electron chi connectivity index (χ4n) is 2.27. The fourth-order valence-corrected chi connectivity index (χ4v) is 2.27. The first kappa shape index (κ1) is 17.3. The van der Waals surface area contributed by atoms with Crippen LogP contribution >= 0.6 is 0 Å². The predicted octanol–water partition coefficient (Wildman–Crippen LogP) is 3.12. The van der Waals surface area contributed by atoms with Gasteiger partial charge in [-0.2, -0.15) is 0 Å². The van der Waals surface area contributed by atoms with Crippen LogP contribution in [0.1, 0.15) is 24.5 Å². The minimum Gasteiger partial charge on any atom is -0.397 e. The van der Waals surface area contributed by atoms with Crippen LogP contribution in [-0.2, 0) is 15.3 Å². The second kappa shape index (κ2) is 8.01. The van der Waals surface area contributed by atoms with Crippen LogP contribution in [-0.4, -0.2) is 18.7 Å². The normalized spacial score (nSPS) is 10.7. The van der Waals surface area contributed by atoms with Gasteiger partial charge in [0.15, 0.2) is 0 Å². The van der Waals surface area contributed by atoms with E-state index >= 15 is 0 Å². The van der Waals surface area contributed by atoms with Crippen molar-refractivity contribution in [3.05, 3.63) is 71.8 Å². The van der Waals surface area contributed by atoms with E-state index in [-0.39, 0.29) is 0 Å². The largest absolute Gasteiger partial charge is 0.410 e. The van der Waals surface area contributed by atoms with Crippen LogP contribution in [0.3, 0.4) is 0 Å². The Morgan fingerprint density at radius 3 is 1.88 bits per heavy atom. The summed E-state index contributed by atoms with van der Waals surface area (Å²) >= 11 is 0. The third-order valence-electron chi connectivity index (χ3n) is 3.31. The Morgan fingerprint density at radius 1 is 0.958 bits per heavy atom. The van der Waals surface area contributed by atoms with Gasteiger partial charge in [0, 0.05) is 17.7 Å². The number of amides is 2. The zero-order chi connectivity index (χ0) is 17.4. The molecular formula is C18H20N2O4. The molecule has 0 atom stereocenters. The van der Waals surface area contributed by atoms with Gasteiger partial charge in [0.1, 0.15) is 0 Å². The molecule has 24 heavy (non-hydrogen) atoms. The predicted molar refractivity (Wildman–Crippen MR) is 89.1 cm³/mol. The highest BCUT2D eigenvalue weighted by atomic mass is 16.7. The van der Waals surface area contributed by atoms with Gasteiger partial charge >= 0.3 is 18.0 Å². The lowest BCUT2D eigenvalue weighted by molar-refractivity contribution is -0.136. The summed E-state index contributed by atoms with van der Waals surface area (Å²) < 4.78 is 10.9. The number of primary amides is 1. The quantitative estimate of drug-likeness (QED) is 0.797. The van der Waals surface area contributed by atoms with Crippen molar-refractivity contribution in [1.82, 2.24) is 5.32 Å². The van der Waals surface area contributed by atoms with E-state index in [1.54, 1.807) is 60.7 Å². The maximum atomic E-state index is 12.2. The molecule has 0 aromatic heterocycles. The number of hydrogen-bond donors (Lipinski definition) is 2. The average Bonchev–Trinajstić information content (AvgIpc) is 2.60. The fraction of sp³-hybridized carbons (Fsp3) is 0.222. The molecule has 0 aliphatic heterocycles. The average molecular weight is 328 g/mol. The van der Waals surface area contributed by atoms with Gasteiger partial charge in [0.2, 0.25) is 0 Å². The Bertz CT molecular complexity index is 634. The molecule has 2 aromatic rings. The summed E-state index contributed by atoms with van der Waals surface area (Å²) in [6.07, 6.45) is -1.01. The van der Waals surface area contributed by atoms with Crippen LogP contribution in [0.4, 0.5) is 9.59 Å². The number of nitrogens with one attached hydrogen (secondary N) is 1.